The Morgan fingerprint density at radius 1 is 1.32 bits per heavy atom. The van der Waals surface area contributed by atoms with Crippen molar-refractivity contribution in [3.8, 4) is 0 Å². The number of benzene rings is 1. The Labute approximate surface area is 111 Å². The quantitative estimate of drug-likeness (QED) is 0.753. The minimum absolute atomic E-state index is 0.0290. The van der Waals surface area contributed by atoms with Crippen molar-refractivity contribution in [1.82, 2.24) is 5.32 Å². The van der Waals surface area contributed by atoms with Gasteiger partial charge in [-0.2, -0.15) is 0 Å². The topological polar surface area (TPSA) is 84.2 Å². The number of fused-ring (bicyclic) bond motifs is 2. The molecule has 0 aromatic heterocycles. The summed E-state index contributed by atoms with van der Waals surface area (Å²) in [5.41, 5.74) is 6.26. The highest BCUT2D eigenvalue weighted by Gasteiger charge is 2.42. The van der Waals surface area contributed by atoms with Gasteiger partial charge in [0, 0.05) is 23.3 Å². The van der Waals surface area contributed by atoms with Crippen LogP contribution < -0.4 is 16.4 Å². The molecule has 5 nitrogen and oxygen atoms in total. The lowest BCUT2D eigenvalue weighted by atomic mass is 9.88. The minimum Gasteiger partial charge on any atom is -0.366 e. The van der Waals surface area contributed by atoms with Crippen LogP contribution in [0.1, 0.15) is 29.6 Å². The molecule has 2 aliphatic rings. The first kappa shape index (κ1) is 12.2. The fourth-order valence-electron chi connectivity index (χ4n) is 3.10. The van der Waals surface area contributed by atoms with E-state index in [4.69, 9.17) is 5.73 Å². The van der Waals surface area contributed by atoms with E-state index in [9.17, 15) is 9.59 Å². The van der Waals surface area contributed by atoms with Gasteiger partial charge in [0.15, 0.2) is 0 Å². The monoisotopic (exact) mass is 259 g/mol. The van der Waals surface area contributed by atoms with Crippen molar-refractivity contribution >= 4 is 17.5 Å². The van der Waals surface area contributed by atoms with Crippen molar-refractivity contribution in [2.75, 3.05) is 5.32 Å². The molecule has 1 aromatic rings. The number of anilines is 1. The summed E-state index contributed by atoms with van der Waals surface area (Å²) in [6.07, 6.45) is 3.15. The molecule has 3 rings (SSSR count). The predicted molar refractivity (Wildman–Crippen MR) is 71.6 cm³/mol. The van der Waals surface area contributed by atoms with Gasteiger partial charge in [0.1, 0.15) is 0 Å². The third-order valence-electron chi connectivity index (χ3n) is 4.05. The third kappa shape index (κ3) is 2.33. The molecule has 19 heavy (non-hydrogen) atoms. The number of nitrogens with two attached hydrogens (primary N) is 1. The maximum Gasteiger partial charge on any atom is 0.248 e. The second-order valence-corrected chi connectivity index (χ2v) is 5.32. The zero-order valence-electron chi connectivity index (χ0n) is 10.6. The molecular formula is C14H17N3O2. The van der Waals surface area contributed by atoms with E-state index in [1.54, 1.807) is 24.3 Å². The number of carbonyl (C=O) groups excluding carboxylic acids is 2. The van der Waals surface area contributed by atoms with E-state index < -0.39 is 5.91 Å². The number of hydrogen-bond donors (Lipinski definition) is 3. The Kier molecular flexibility index (Phi) is 2.98. The molecule has 0 spiro atoms. The largest absolute Gasteiger partial charge is 0.366 e. The zero-order chi connectivity index (χ0) is 13.4. The number of carbonyl (C=O) groups is 2. The summed E-state index contributed by atoms with van der Waals surface area (Å²) < 4.78 is 0. The van der Waals surface area contributed by atoms with Crippen LogP contribution in [0, 0.1) is 5.92 Å². The summed E-state index contributed by atoms with van der Waals surface area (Å²) >= 11 is 0. The van der Waals surface area contributed by atoms with Gasteiger partial charge in [0.25, 0.3) is 0 Å². The molecule has 2 amide bonds. The Bertz CT molecular complexity index is 529. The molecule has 2 aliphatic heterocycles. The SMILES string of the molecule is NC(=O)c1cccc(NC(=O)C2CC3CCC2N3)c1. The maximum atomic E-state index is 12.2. The lowest BCUT2D eigenvalue weighted by Crippen LogP contribution is -2.32. The number of rotatable bonds is 3. The molecule has 2 heterocycles. The van der Waals surface area contributed by atoms with Crippen molar-refractivity contribution < 1.29 is 9.59 Å². The van der Waals surface area contributed by atoms with Crippen LogP contribution >= 0.6 is 0 Å². The van der Waals surface area contributed by atoms with Gasteiger partial charge < -0.3 is 16.4 Å². The number of hydrogen-bond acceptors (Lipinski definition) is 3. The molecular weight excluding hydrogens is 242 g/mol. The van der Waals surface area contributed by atoms with Gasteiger partial charge in [-0.05, 0) is 37.5 Å². The van der Waals surface area contributed by atoms with Gasteiger partial charge in [0.05, 0.1) is 5.92 Å². The molecule has 2 saturated heterocycles. The first-order valence-electron chi connectivity index (χ1n) is 6.60. The van der Waals surface area contributed by atoms with E-state index in [1.807, 2.05) is 0 Å². The van der Waals surface area contributed by atoms with Gasteiger partial charge in [-0.1, -0.05) is 6.07 Å². The van der Waals surface area contributed by atoms with E-state index in [-0.39, 0.29) is 11.8 Å². The molecule has 100 valence electrons. The van der Waals surface area contributed by atoms with Crippen molar-refractivity contribution in [3.63, 3.8) is 0 Å². The molecule has 0 aliphatic carbocycles. The smallest absolute Gasteiger partial charge is 0.248 e. The standard InChI is InChI=1S/C14H17N3O2/c15-13(18)8-2-1-3-9(6-8)17-14(19)11-7-10-4-5-12(11)16-10/h1-3,6,10-12,16H,4-5,7H2,(H2,15,18)(H,17,19). The molecule has 2 bridgehead atoms. The van der Waals surface area contributed by atoms with Gasteiger partial charge in [-0.15, -0.1) is 0 Å². The number of amides is 2. The summed E-state index contributed by atoms with van der Waals surface area (Å²) in [6.45, 7) is 0. The van der Waals surface area contributed by atoms with Gasteiger partial charge >= 0.3 is 0 Å². The molecule has 0 saturated carbocycles. The average molecular weight is 259 g/mol. The minimum atomic E-state index is -0.488. The van der Waals surface area contributed by atoms with Gasteiger partial charge in [-0.3, -0.25) is 9.59 Å². The molecule has 3 unspecified atom stereocenters. The van der Waals surface area contributed by atoms with Crippen LogP contribution in [-0.2, 0) is 4.79 Å². The van der Waals surface area contributed by atoms with E-state index in [0.29, 0.717) is 23.3 Å². The third-order valence-corrected chi connectivity index (χ3v) is 4.05. The van der Waals surface area contributed by atoms with Gasteiger partial charge in [-0.25, -0.2) is 0 Å². The highest BCUT2D eigenvalue weighted by molar-refractivity contribution is 5.97. The summed E-state index contributed by atoms with van der Waals surface area (Å²) in [5.74, 6) is -0.421. The van der Waals surface area contributed by atoms with Crippen molar-refractivity contribution in [2.24, 2.45) is 11.7 Å². The fraction of sp³-hybridized carbons (Fsp3) is 0.429. The molecule has 1 aromatic carbocycles. The summed E-state index contributed by atoms with van der Waals surface area (Å²) in [7, 11) is 0. The molecule has 0 radical (unpaired) electrons. The lowest BCUT2D eigenvalue weighted by Gasteiger charge is -2.19. The van der Waals surface area contributed by atoms with Crippen LogP contribution in [0.2, 0.25) is 0 Å². The maximum absolute atomic E-state index is 12.2. The van der Waals surface area contributed by atoms with E-state index in [2.05, 4.69) is 10.6 Å². The normalized spacial score (nSPS) is 28.3. The Balaban J connectivity index is 1.69. The molecule has 5 heteroatoms. The second-order valence-electron chi connectivity index (χ2n) is 5.32. The van der Waals surface area contributed by atoms with Crippen molar-refractivity contribution in [1.29, 1.82) is 0 Å². The summed E-state index contributed by atoms with van der Waals surface area (Å²) in [5, 5.41) is 6.32. The fourth-order valence-corrected chi connectivity index (χ4v) is 3.10. The summed E-state index contributed by atoms with van der Waals surface area (Å²) in [6, 6.07) is 7.54. The molecule has 2 fully saturated rings. The van der Waals surface area contributed by atoms with Crippen LogP contribution in [0.15, 0.2) is 24.3 Å². The van der Waals surface area contributed by atoms with E-state index >= 15 is 0 Å². The van der Waals surface area contributed by atoms with Crippen LogP contribution in [0.4, 0.5) is 5.69 Å². The molecule has 4 N–H and O–H groups in total. The number of primary amides is 1. The second kappa shape index (κ2) is 4.66. The first-order chi connectivity index (χ1) is 9.13. The van der Waals surface area contributed by atoms with Gasteiger partial charge in [0.2, 0.25) is 11.8 Å². The predicted octanol–water partition coefficient (Wildman–Crippen LogP) is 0.864. The highest BCUT2D eigenvalue weighted by Crippen LogP contribution is 2.33. The van der Waals surface area contributed by atoms with E-state index in [0.717, 1.165) is 12.8 Å². The first-order valence-corrected chi connectivity index (χ1v) is 6.60. The number of nitrogens with one attached hydrogen (secondary N) is 2. The summed E-state index contributed by atoms with van der Waals surface area (Å²) in [4.78, 5) is 23.3. The van der Waals surface area contributed by atoms with Crippen molar-refractivity contribution in [3.05, 3.63) is 29.8 Å². The van der Waals surface area contributed by atoms with Crippen LogP contribution in [-0.4, -0.2) is 23.9 Å². The molecule has 3 atom stereocenters. The van der Waals surface area contributed by atoms with Crippen LogP contribution in [0.5, 0.6) is 0 Å². The lowest BCUT2D eigenvalue weighted by molar-refractivity contribution is -0.120. The average Bonchev–Trinajstić information content (AvgIpc) is 3.01. The Morgan fingerprint density at radius 3 is 2.79 bits per heavy atom. The Hall–Kier alpha value is -1.88. The Morgan fingerprint density at radius 2 is 2.16 bits per heavy atom. The highest BCUT2D eigenvalue weighted by atomic mass is 16.2. The zero-order valence-corrected chi connectivity index (χ0v) is 10.6. The van der Waals surface area contributed by atoms with Crippen molar-refractivity contribution in [2.45, 2.75) is 31.3 Å². The van der Waals surface area contributed by atoms with Crippen LogP contribution in [0.25, 0.3) is 0 Å². The van der Waals surface area contributed by atoms with Crippen LogP contribution in [0.3, 0.4) is 0 Å². The van der Waals surface area contributed by atoms with E-state index in [1.165, 1.54) is 6.42 Å².